The predicted octanol–water partition coefficient (Wildman–Crippen LogP) is 4.41. The van der Waals surface area contributed by atoms with E-state index in [0.717, 1.165) is 5.56 Å². The molecular formula is C23H18O6. The van der Waals surface area contributed by atoms with E-state index in [1.807, 2.05) is 30.3 Å². The highest BCUT2D eigenvalue weighted by atomic mass is 16.5. The number of aryl methyl sites for hydroxylation is 1. The first-order valence-corrected chi connectivity index (χ1v) is 8.93. The van der Waals surface area contributed by atoms with Gasteiger partial charge in [-0.05, 0) is 25.1 Å². The van der Waals surface area contributed by atoms with E-state index in [2.05, 4.69) is 0 Å². The summed E-state index contributed by atoms with van der Waals surface area (Å²) in [6.45, 7) is 1.68. The van der Waals surface area contributed by atoms with Gasteiger partial charge in [0.1, 0.15) is 23.0 Å². The molecule has 2 aromatic carbocycles. The second-order valence-electron chi connectivity index (χ2n) is 6.44. The minimum atomic E-state index is -0.746. The highest BCUT2D eigenvalue weighted by molar-refractivity contribution is 5.98. The summed E-state index contributed by atoms with van der Waals surface area (Å²) in [4.78, 5) is 25.1. The Morgan fingerprint density at radius 2 is 1.55 bits per heavy atom. The molecule has 0 aliphatic heterocycles. The third-order valence-corrected chi connectivity index (χ3v) is 4.76. The molecule has 4 rings (SSSR count). The fourth-order valence-electron chi connectivity index (χ4n) is 3.40. The molecular weight excluding hydrogens is 372 g/mol. The highest BCUT2D eigenvalue weighted by Crippen LogP contribution is 2.38. The van der Waals surface area contributed by atoms with Crippen molar-refractivity contribution in [3.63, 3.8) is 0 Å². The summed E-state index contributed by atoms with van der Waals surface area (Å²) in [5.41, 5.74) is 0.504. The number of methoxy groups -OCH3 is 2. The van der Waals surface area contributed by atoms with E-state index in [1.54, 1.807) is 45.4 Å². The van der Waals surface area contributed by atoms with Crippen LogP contribution in [0.2, 0.25) is 0 Å². The average Bonchev–Trinajstić information content (AvgIpc) is 2.73. The van der Waals surface area contributed by atoms with Crippen molar-refractivity contribution in [2.45, 2.75) is 6.92 Å². The summed E-state index contributed by atoms with van der Waals surface area (Å²) in [5.74, 6) is 1.88. The lowest BCUT2D eigenvalue weighted by atomic mass is 9.97. The van der Waals surface area contributed by atoms with E-state index in [0.29, 0.717) is 39.5 Å². The Balaban J connectivity index is 2.11. The molecule has 0 unspecified atom stereocenters. The molecule has 29 heavy (non-hydrogen) atoms. The fraction of sp³-hybridized carbons (Fsp3) is 0.130. The van der Waals surface area contributed by atoms with Crippen LogP contribution in [0.3, 0.4) is 0 Å². The minimum absolute atomic E-state index is 0.136. The van der Waals surface area contributed by atoms with Crippen molar-refractivity contribution in [3.05, 3.63) is 81.2 Å². The lowest BCUT2D eigenvalue weighted by Gasteiger charge is -2.14. The number of hydrogen-bond acceptors (Lipinski definition) is 6. The van der Waals surface area contributed by atoms with Gasteiger partial charge in [-0.1, -0.05) is 30.3 Å². The Morgan fingerprint density at radius 1 is 0.828 bits per heavy atom. The van der Waals surface area contributed by atoms with Gasteiger partial charge >= 0.3 is 11.3 Å². The van der Waals surface area contributed by atoms with Gasteiger partial charge in [0.2, 0.25) is 0 Å². The molecule has 0 fully saturated rings. The van der Waals surface area contributed by atoms with Crippen LogP contribution >= 0.6 is 0 Å². The van der Waals surface area contributed by atoms with Gasteiger partial charge in [0.25, 0.3) is 0 Å². The molecule has 0 saturated carbocycles. The van der Waals surface area contributed by atoms with Crippen molar-refractivity contribution in [2.24, 2.45) is 0 Å². The van der Waals surface area contributed by atoms with E-state index >= 15 is 0 Å². The molecule has 0 amide bonds. The number of hydrogen-bond donors (Lipinski definition) is 0. The zero-order valence-corrected chi connectivity index (χ0v) is 16.1. The Kier molecular flexibility index (Phi) is 4.68. The zero-order chi connectivity index (χ0) is 20.5. The molecule has 0 radical (unpaired) electrons. The maximum Gasteiger partial charge on any atom is 0.351 e. The summed E-state index contributed by atoms with van der Waals surface area (Å²) in [7, 11) is 3.10. The first-order chi connectivity index (χ1) is 14.0. The topological polar surface area (TPSA) is 78.9 Å². The quantitative estimate of drug-likeness (QED) is 0.514. The summed E-state index contributed by atoms with van der Waals surface area (Å²) >= 11 is 0. The SMILES string of the molecule is COc1ccc(-c2c(C)oc(=O)c3c(=O)oc(-c4ccccc4)cc23)c(OC)c1. The molecule has 2 aromatic heterocycles. The van der Waals surface area contributed by atoms with Crippen molar-refractivity contribution < 1.29 is 18.3 Å². The van der Waals surface area contributed by atoms with E-state index in [4.69, 9.17) is 18.3 Å². The Morgan fingerprint density at radius 3 is 2.24 bits per heavy atom. The van der Waals surface area contributed by atoms with E-state index < -0.39 is 11.3 Å². The molecule has 4 aromatic rings. The first-order valence-electron chi connectivity index (χ1n) is 8.93. The standard InChI is InChI=1S/C23H18O6/c1-13-20(16-10-9-15(26-2)11-19(16)27-3)17-12-18(14-7-5-4-6-8-14)29-23(25)21(17)22(24)28-13/h4-12H,1-3H3. The molecule has 0 spiro atoms. The number of rotatable bonds is 4. The predicted molar refractivity (Wildman–Crippen MR) is 110 cm³/mol. The number of fused-ring (bicyclic) bond motifs is 1. The van der Waals surface area contributed by atoms with Crippen LogP contribution in [0, 0.1) is 6.92 Å². The maximum atomic E-state index is 12.7. The molecule has 2 heterocycles. The van der Waals surface area contributed by atoms with E-state index in [1.165, 1.54) is 0 Å². The molecule has 0 atom stereocenters. The van der Waals surface area contributed by atoms with Crippen LogP contribution in [0.1, 0.15) is 5.76 Å². The molecule has 0 N–H and O–H groups in total. The summed E-state index contributed by atoms with van der Waals surface area (Å²) in [6, 6.07) is 16.2. The van der Waals surface area contributed by atoms with E-state index in [9.17, 15) is 9.59 Å². The van der Waals surface area contributed by atoms with Crippen LogP contribution in [-0.4, -0.2) is 14.2 Å². The summed E-state index contributed by atoms with van der Waals surface area (Å²) in [6.07, 6.45) is 0. The van der Waals surface area contributed by atoms with Gasteiger partial charge in [-0.2, -0.15) is 0 Å². The van der Waals surface area contributed by atoms with Crippen molar-refractivity contribution >= 4 is 10.8 Å². The Hall–Kier alpha value is -3.80. The molecule has 0 aliphatic carbocycles. The smallest absolute Gasteiger partial charge is 0.351 e. The van der Waals surface area contributed by atoms with Crippen LogP contribution in [0.25, 0.3) is 33.2 Å². The van der Waals surface area contributed by atoms with Gasteiger partial charge in [-0.25, -0.2) is 9.59 Å². The highest BCUT2D eigenvalue weighted by Gasteiger charge is 2.21. The van der Waals surface area contributed by atoms with Crippen molar-refractivity contribution in [1.82, 2.24) is 0 Å². The van der Waals surface area contributed by atoms with Crippen LogP contribution in [0.4, 0.5) is 0 Å². The Labute approximate surface area is 165 Å². The third-order valence-electron chi connectivity index (χ3n) is 4.76. The van der Waals surface area contributed by atoms with Crippen molar-refractivity contribution in [2.75, 3.05) is 14.2 Å². The summed E-state index contributed by atoms with van der Waals surface area (Å²) < 4.78 is 21.6. The fourth-order valence-corrected chi connectivity index (χ4v) is 3.40. The lowest BCUT2D eigenvalue weighted by Crippen LogP contribution is -2.14. The van der Waals surface area contributed by atoms with E-state index in [-0.39, 0.29) is 5.39 Å². The number of ether oxygens (including phenoxy) is 2. The average molecular weight is 390 g/mol. The van der Waals surface area contributed by atoms with Crippen molar-refractivity contribution in [1.29, 1.82) is 0 Å². The minimum Gasteiger partial charge on any atom is -0.497 e. The molecule has 6 nitrogen and oxygen atoms in total. The largest absolute Gasteiger partial charge is 0.497 e. The molecule has 6 heteroatoms. The monoisotopic (exact) mass is 390 g/mol. The van der Waals surface area contributed by atoms with Crippen LogP contribution in [-0.2, 0) is 0 Å². The van der Waals surface area contributed by atoms with Gasteiger partial charge in [-0.3, -0.25) is 0 Å². The zero-order valence-electron chi connectivity index (χ0n) is 16.1. The molecule has 146 valence electrons. The van der Waals surface area contributed by atoms with Crippen molar-refractivity contribution in [3.8, 4) is 33.9 Å². The second-order valence-corrected chi connectivity index (χ2v) is 6.44. The second kappa shape index (κ2) is 7.31. The van der Waals surface area contributed by atoms with Gasteiger partial charge in [-0.15, -0.1) is 0 Å². The van der Waals surface area contributed by atoms with Gasteiger partial charge in [0.05, 0.1) is 14.2 Å². The molecule has 0 saturated heterocycles. The molecule has 0 aliphatic rings. The maximum absolute atomic E-state index is 12.7. The van der Waals surface area contributed by atoms with Crippen LogP contribution in [0.5, 0.6) is 11.5 Å². The van der Waals surface area contributed by atoms with Gasteiger partial charge in [0.15, 0.2) is 5.39 Å². The van der Waals surface area contributed by atoms with Crippen LogP contribution in [0.15, 0.2) is 73.0 Å². The van der Waals surface area contributed by atoms with Gasteiger partial charge < -0.3 is 18.3 Å². The lowest BCUT2D eigenvalue weighted by molar-refractivity contribution is 0.395. The number of benzene rings is 2. The van der Waals surface area contributed by atoms with Crippen LogP contribution < -0.4 is 20.7 Å². The van der Waals surface area contributed by atoms with Gasteiger partial charge in [0, 0.05) is 28.1 Å². The summed E-state index contributed by atoms with van der Waals surface area (Å²) in [5, 5.41) is 0.306. The third kappa shape index (κ3) is 3.18. The Bertz CT molecular complexity index is 1320. The first kappa shape index (κ1) is 18.6. The normalized spacial score (nSPS) is 10.9. The molecule has 0 bridgehead atoms.